The molecule has 0 aromatic carbocycles. The second-order valence-corrected chi connectivity index (χ2v) is 9.74. The number of nitrogens with one attached hydrogen (secondary N) is 2. The van der Waals surface area contributed by atoms with Crippen molar-refractivity contribution in [3.63, 3.8) is 0 Å². The van der Waals surface area contributed by atoms with E-state index in [2.05, 4.69) is 83.7 Å². The number of nitrogens with zero attached hydrogens (tertiary/aromatic N) is 2. The summed E-state index contributed by atoms with van der Waals surface area (Å²) >= 11 is 0. The van der Waals surface area contributed by atoms with Gasteiger partial charge in [-0.1, -0.05) is 58.3 Å². The lowest BCUT2D eigenvalue weighted by Gasteiger charge is -2.04. The number of aryl methyl sites for hydroxylation is 1. The Morgan fingerprint density at radius 3 is 1.89 bits per heavy atom. The molecule has 2 N–H and O–H groups in total. The highest BCUT2D eigenvalue weighted by Gasteiger charge is 2.09. The standard InChI is InChI=1S/C31H36N4.2ClH/c1-2-3-4-5-6-7-8-9-10-11-29-30-18-16-27(34-30)21-25-14-12-23(32-25)20-24-13-15-26(33-24)22-28-17-19-31(29)35-28;;/h12-22,32,34H,2-11H2,1H3;2*1H. The SMILES string of the molecule is CCCCCCCCCCCc1c2nc(cc3nc(cc4ccc(cc5ccc1[nH]5)[nH]4)C=C3)C=C2.Cl.Cl. The lowest BCUT2D eigenvalue weighted by Crippen LogP contribution is -1.92. The molecule has 0 atom stereocenters. The van der Waals surface area contributed by atoms with Gasteiger partial charge in [-0.05, 0) is 79.6 Å². The van der Waals surface area contributed by atoms with Gasteiger partial charge in [0.2, 0.25) is 0 Å². The number of hydrogen-bond acceptors (Lipinski definition) is 2. The quantitative estimate of drug-likeness (QED) is 0.174. The van der Waals surface area contributed by atoms with E-state index in [-0.39, 0.29) is 24.8 Å². The number of hydrogen-bond donors (Lipinski definition) is 2. The van der Waals surface area contributed by atoms with Gasteiger partial charge in [0.25, 0.3) is 0 Å². The average Bonchev–Trinajstić information content (AvgIpc) is 3.65. The van der Waals surface area contributed by atoms with Crippen molar-refractivity contribution in [2.75, 3.05) is 0 Å². The third-order valence-corrected chi connectivity index (χ3v) is 6.86. The lowest BCUT2D eigenvalue weighted by molar-refractivity contribution is 0.565. The van der Waals surface area contributed by atoms with Crippen molar-refractivity contribution in [2.24, 2.45) is 0 Å². The fraction of sp³-hybridized carbons (Fsp3) is 0.355. The summed E-state index contributed by atoms with van der Waals surface area (Å²) in [7, 11) is 0. The minimum Gasteiger partial charge on any atom is -0.355 e. The zero-order valence-corrected chi connectivity index (χ0v) is 23.3. The fourth-order valence-electron chi connectivity index (χ4n) is 4.94. The summed E-state index contributed by atoms with van der Waals surface area (Å²) in [6.07, 6.45) is 21.4. The topological polar surface area (TPSA) is 57.4 Å². The van der Waals surface area contributed by atoms with Crippen LogP contribution in [0.2, 0.25) is 0 Å². The number of aromatic amines is 2. The van der Waals surface area contributed by atoms with Gasteiger partial charge in [0.1, 0.15) is 0 Å². The Bertz CT molecular complexity index is 1380. The van der Waals surface area contributed by atoms with Gasteiger partial charge in [-0.15, -0.1) is 24.8 Å². The molecule has 3 aromatic heterocycles. The van der Waals surface area contributed by atoms with Gasteiger partial charge in [0.15, 0.2) is 0 Å². The van der Waals surface area contributed by atoms with E-state index in [1.807, 2.05) is 0 Å². The minimum atomic E-state index is 0. The third-order valence-electron chi connectivity index (χ3n) is 6.86. The van der Waals surface area contributed by atoms with Crippen LogP contribution in [0.15, 0.2) is 42.5 Å². The van der Waals surface area contributed by atoms with Crippen molar-refractivity contribution in [3.8, 4) is 0 Å². The molecule has 37 heavy (non-hydrogen) atoms. The second kappa shape index (κ2) is 14.2. The number of rotatable bonds is 10. The summed E-state index contributed by atoms with van der Waals surface area (Å²) < 4.78 is 0. The van der Waals surface area contributed by atoms with Gasteiger partial charge < -0.3 is 9.97 Å². The molecule has 0 saturated carbocycles. The molecule has 3 aromatic rings. The normalized spacial score (nSPS) is 11.8. The second-order valence-electron chi connectivity index (χ2n) is 9.74. The molecule has 0 spiro atoms. The van der Waals surface area contributed by atoms with Crippen molar-refractivity contribution in [3.05, 3.63) is 70.8 Å². The van der Waals surface area contributed by atoms with Crippen LogP contribution in [0, 0.1) is 0 Å². The third kappa shape index (κ3) is 7.83. The van der Waals surface area contributed by atoms with Gasteiger partial charge in [0.05, 0.1) is 22.8 Å². The summed E-state index contributed by atoms with van der Waals surface area (Å²) in [5.41, 5.74) is 9.60. The Morgan fingerprint density at radius 1 is 0.568 bits per heavy atom. The number of H-pyrrole nitrogens is 2. The molecule has 5 heterocycles. The summed E-state index contributed by atoms with van der Waals surface area (Å²) in [5, 5.41) is 0. The Hall–Kier alpha value is -2.82. The molecule has 0 saturated heterocycles. The zero-order valence-electron chi connectivity index (χ0n) is 21.6. The molecular formula is C31H38Cl2N4. The first-order valence-electron chi connectivity index (χ1n) is 13.3. The summed E-state index contributed by atoms with van der Waals surface area (Å²) in [6, 6.07) is 14.9. The van der Waals surface area contributed by atoms with E-state index in [9.17, 15) is 0 Å². The first kappa shape index (κ1) is 28.7. The van der Waals surface area contributed by atoms with E-state index in [1.165, 1.54) is 68.9 Å². The molecule has 4 nitrogen and oxygen atoms in total. The van der Waals surface area contributed by atoms with Crippen LogP contribution in [0.5, 0.6) is 0 Å². The summed E-state index contributed by atoms with van der Waals surface area (Å²) in [4.78, 5) is 16.8. The van der Waals surface area contributed by atoms with Crippen molar-refractivity contribution >= 4 is 71.2 Å². The maximum absolute atomic E-state index is 4.98. The average molecular weight is 538 g/mol. The van der Waals surface area contributed by atoms with E-state index >= 15 is 0 Å². The van der Waals surface area contributed by atoms with Crippen LogP contribution in [-0.4, -0.2) is 19.9 Å². The van der Waals surface area contributed by atoms with Crippen molar-refractivity contribution < 1.29 is 0 Å². The molecule has 2 aliphatic rings. The van der Waals surface area contributed by atoms with Gasteiger partial charge in [-0.3, -0.25) is 0 Å². The maximum atomic E-state index is 4.98. The van der Waals surface area contributed by atoms with Crippen molar-refractivity contribution in [2.45, 2.75) is 71.1 Å². The lowest BCUT2D eigenvalue weighted by atomic mass is 10.0. The van der Waals surface area contributed by atoms with Crippen LogP contribution in [0.25, 0.3) is 46.4 Å². The molecule has 5 rings (SSSR count). The maximum Gasteiger partial charge on any atom is 0.0690 e. The van der Waals surface area contributed by atoms with Crippen LogP contribution < -0.4 is 0 Å². The van der Waals surface area contributed by atoms with E-state index in [4.69, 9.17) is 9.97 Å². The molecule has 8 bridgehead atoms. The van der Waals surface area contributed by atoms with Gasteiger partial charge >= 0.3 is 0 Å². The highest BCUT2D eigenvalue weighted by Crippen LogP contribution is 2.23. The Morgan fingerprint density at radius 2 is 1.14 bits per heavy atom. The van der Waals surface area contributed by atoms with E-state index < -0.39 is 0 Å². The Labute approximate surface area is 232 Å². The van der Waals surface area contributed by atoms with Crippen LogP contribution >= 0.6 is 24.8 Å². The van der Waals surface area contributed by atoms with E-state index in [0.29, 0.717) is 0 Å². The zero-order chi connectivity index (χ0) is 23.9. The predicted octanol–water partition coefficient (Wildman–Crippen LogP) is 9.57. The molecule has 6 heteroatoms. The first-order valence-corrected chi connectivity index (χ1v) is 13.3. The molecule has 0 aliphatic carbocycles. The van der Waals surface area contributed by atoms with Crippen LogP contribution in [0.1, 0.15) is 93.1 Å². The molecule has 196 valence electrons. The smallest absolute Gasteiger partial charge is 0.0690 e. The molecule has 0 unspecified atom stereocenters. The van der Waals surface area contributed by atoms with Crippen molar-refractivity contribution in [1.82, 2.24) is 19.9 Å². The molecular weight excluding hydrogens is 499 g/mol. The van der Waals surface area contributed by atoms with E-state index in [1.54, 1.807) is 0 Å². The first-order chi connectivity index (χ1) is 17.3. The predicted molar refractivity (Wildman–Crippen MR) is 164 cm³/mol. The minimum absolute atomic E-state index is 0. The highest BCUT2D eigenvalue weighted by atomic mass is 35.5. The Balaban J connectivity index is 0.00000190. The number of halogens is 2. The highest BCUT2D eigenvalue weighted by molar-refractivity contribution is 5.85. The van der Waals surface area contributed by atoms with Crippen LogP contribution in [0.3, 0.4) is 0 Å². The van der Waals surface area contributed by atoms with Crippen LogP contribution in [0.4, 0.5) is 0 Å². The molecule has 0 amide bonds. The molecule has 0 radical (unpaired) electrons. The summed E-state index contributed by atoms with van der Waals surface area (Å²) in [5.74, 6) is 0. The van der Waals surface area contributed by atoms with Gasteiger partial charge in [0, 0.05) is 27.6 Å². The fourth-order valence-corrected chi connectivity index (χ4v) is 4.94. The number of aromatic nitrogens is 4. The largest absolute Gasteiger partial charge is 0.355 e. The van der Waals surface area contributed by atoms with E-state index in [0.717, 1.165) is 45.7 Å². The molecule has 0 fully saturated rings. The number of unbranched alkanes of at least 4 members (excludes halogenated alkanes) is 8. The monoisotopic (exact) mass is 536 g/mol. The van der Waals surface area contributed by atoms with Gasteiger partial charge in [-0.25, -0.2) is 9.97 Å². The summed E-state index contributed by atoms with van der Waals surface area (Å²) in [6.45, 7) is 2.28. The Kier molecular flexibility index (Phi) is 11.0. The van der Waals surface area contributed by atoms with Gasteiger partial charge in [-0.2, -0.15) is 0 Å². The molecule has 2 aliphatic heterocycles. The number of fused-ring (bicyclic) bond motifs is 8. The van der Waals surface area contributed by atoms with Crippen molar-refractivity contribution in [1.29, 1.82) is 0 Å². The van der Waals surface area contributed by atoms with Crippen LogP contribution in [-0.2, 0) is 6.42 Å².